The number of hydrogen-bond donors (Lipinski definition) is 3. The first-order chi connectivity index (χ1) is 9.43. The molecule has 20 heavy (non-hydrogen) atoms. The summed E-state index contributed by atoms with van der Waals surface area (Å²) in [5.74, 6) is -0.475. The summed E-state index contributed by atoms with van der Waals surface area (Å²) in [4.78, 5) is 22.0. The molecule has 1 atom stereocenters. The van der Waals surface area contributed by atoms with Crippen LogP contribution < -0.4 is 10.6 Å². The minimum Gasteiger partial charge on any atom is -0.481 e. The Bertz CT molecular complexity index is 280. The van der Waals surface area contributed by atoms with Gasteiger partial charge in [0.05, 0.1) is 5.92 Å². The van der Waals surface area contributed by atoms with E-state index >= 15 is 0 Å². The monoisotopic (exact) mass is 286 g/mol. The van der Waals surface area contributed by atoms with Crippen LogP contribution in [0.25, 0.3) is 0 Å². The number of carbonyl (C=O) groups is 2. The van der Waals surface area contributed by atoms with E-state index in [4.69, 9.17) is 5.11 Å². The van der Waals surface area contributed by atoms with Crippen molar-refractivity contribution >= 4 is 12.0 Å². The third-order valence-corrected chi connectivity index (χ3v) is 3.28. The zero-order valence-electron chi connectivity index (χ0n) is 13.1. The molecule has 2 amide bonds. The predicted octanol–water partition coefficient (Wildman–Crippen LogP) is 3.00. The zero-order valence-corrected chi connectivity index (χ0v) is 13.1. The van der Waals surface area contributed by atoms with Gasteiger partial charge in [-0.05, 0) is 18.8 Å². The standard InChI is InChI=1S/C15H30N2O3/c1-12(2)8-6-4-5-7-10-16-15(20)17-11-9-13(3)14(18)19/h12-13H,4-11H2,1-3H3,(H,18,19)(H2,16,17,20). The maximum Gasteiger partial charge on any atom is 0.314 e. The molecule has 0 bridgehead atoms. The molecule has 0 aliphatic rings. The molecule has 0 saturated heterocycles. The molecule has 5 nitrogen and oxygen atoms in total. The van der Waals surface area contributed by atoms with Gasteiger partial charge in [-0.2, -0.15) is 0 Å². The smallest absolute Gasteiger partial charge is 0.314 e. The van der Waals surface area contributed by atoms with Gasteiger partial charge in [-0.3, -0.25) is 4.79 Å². The van der Waals surface area contributed by atoms with Crippen LogP contribution in [0, 0.1) is 11.8 Å². The molecule has 0 rings (SSSR count). The summed E-state index contributed by atoms with van der Waals surface area (Å²) < 4.78 is 0. The van der Waals surface area contributed by atoms with E-state index in [0.717, 1.165) is 18.8 Å². The Morgan fingerprint density at radius 2 is 1.50 bits per heavy atom. The lowest BCUT2D eigenvalue weighted by molar-refractivity contribution is -0.141. The molecule has 0 saturated carbocycles. The number of nitrogens with one attached hydrogen (secondary N) is 2. The summed E-state index contributed by atoms with van der Waals surface area (Å²) in [6.45, 7) is 7.18. The molecule has 0 fully saturated rings. The van der Waals surface area contributed by atoms with Crippen molar-refractivity contribution in [1.82, 2.24) is 10.6 Å². The molecule has 0 aliphatic heterocycles. The Kier molecular flexibility index (Phi) is 10.8. The highest BCUT2D eigenvalue weighted by Gasteiger charge is 2.10. The van der Waals surface area contributed by atoms with E-state index < -0.39 is 11.9 Å². The summed E-state index contributed by atoms with van der Waals surface area (Å²) in [6, 6.07) is -0.204. The third-order valence-electron chi connectivity index (χ3n) is 3.28. The first kappa shape index (κ1) is 18.7. The second kappa shape index (κ2) is 11.6. The number of amides is 2. The Morgan fingerprint density at radius 1 is 0.900 bits per heavy atom. The third kappa shape index (κ3) is 11.8. The summed E-state index contributed by atoms with van der Waals surface area (Å²) in [5.41, 5.74) is 0. The van der Waals surface area contributed by atoms with Gasteiger partial charge in [-0.25, -0.2) is 4.79 Å². The van der Waals surface area contributed by atoms with E-state index in [9.17, 15) is 9.59 Å². The second-order valence-corrected chi connectivity index (χ2v) is 5.81. The van der Waals surface area contributed by atoms with Gasteiger partial charge in [-0.15, -0.1) is 0 Å². The molecule has 118 valence electrons. The largest absolute Gasteiger partial charge is 0.481 e. The molecule has 5 heteroatoms. The molecule has 0 heterocycles. The highest BCUT2D eigenvalue weighted by Crippen LogP contribution is 2.08. The van der Waals surface area contributed by atoms with E-state index in [1.807, 2.05) is 0 Å². The number of unbranched alkanes of at least 4 members (excludes halogenated alkanes) is 3. The summed E-state index contributed by atoms with van der Waals surface area (Å²) in [5, 5.41) is 14.2. The van der Waals surface area contributed by atoms with E-state index in [1.165, 1.54) is 19.3 Å². The van der Waals surface area contributed by atoms with Crippen LogP contribution >= 0.6 is 0 Å². The SMILES string of the molecule is CC(C)CCCCCCNC(=O)NCCC(C)C(=O)O. The van der Waals surface area contributed by atoms with Gasteiger partial charge in [0.2, 0.25) is 0 Å². The average Bonchev–Trinajstić information content (AvgIpc) is 2.36. The lowest BCUT2D eigenvalue weighted by atomic mass is 10.0. The van der Waals surface area contributed by atoms with Crippen molar-refractivity contribution < 1.29 is 14.7 Å². The van der Waals surface area contributed by atoms with Gasteiger partial charge in [0, 0.05) is 13.1 Å². The van der Waals surface area contributed by atoms with Crippen LogP contribution in [0.2, 0.25) is 0 Å². The number of hydrogen-bond acceptors (Lipinski definition) is 2. The van der Waals surface area contributed by atoms with Crippen LogP contribution in [0.4, 0.5) is 4.79 Å². The maximum absolute atomic E-state index is 11.4. The molecular weight excluding hydrogens is 256 g/mol. The maximum atomic E-state index is 11.4. The average molecular weight is 286 g/mol. The first-order valence-corrected chi connectivity index (χ1v) is 7.68. The van der Waals surface area contributed by atoms with Gasteiger partial charge in [0.1, 0.15) is 0 Å². The number of rotatable bonds is 11. The lowest BCUT2D eigenvalue weighted by Gasteiger charge is -2.09. The van der Waals surface area contributed by atoms with Gasteiger partial charge in [0.15, 0.2) is 0 Å². The fraction of sp³-hybridized carbons (Fsp3) is 0.867. The van der Waals surface area contributed by atoms with Crippen LogP contribution in [0.5, 0.6) is 0 Å². The van der Waals surface area contributed by atoms with E-state index in [1.54, 1.807) is 6.92 Å². The summed E-state index contributed by atoms with van der Waals surface area (Å²) in [6.07, 6.45) is 6.35. The fourth-order valence-electron chi connectivity index (χ4n) is 1.82. The number of aliphatic carboxylic acids is 1. The van der Waals surface area contributed by atoms with Crippen LogP contribution in [0.1, 0.15) is 59.3 Å². The molecule has 3 N–H and O–H groups in total. The van der Waals surface area contributed by atoms with Crippen LogP contribution in [0.15, 0.2) is 0 Å². The Morgan fingerprint density at radius 3 is 2.10 bits per heavy atom. The summed E-state index contributed by atoms with van der Waals surface area (Å²) >= 11 is 0. The molecule has 0 aromatic heterocycles. The van der Waals surface area contributed by atoms with E-state index in [2.05, 4.69) is 24.5 Å². The second-order valence-electron chi connectivity index (χ2n) is 5.81. The fourth-order valence-corrected chi connectivity index (χ4v) is 1.82. The van der Waals surface area contributed by atoms with Gasteiger partial charge < -0.3 is 15.7 Å². The Labute approximate surface area is 122 Å². The van der Waals surface area contributed by atoms with Crippen LogP contribution in [0.3, 0.4) is 0 Å². The zero-order chi connectivity index (χ0) is 15.4. The molecule has 0 aromatic carbocycles. The van der Waals surface area contributed by atoms with Crippen molar-refractivity contribution in [3.8, 4) is 0 Å². The van der Waals surface area contributed by atoms with Crippen molar-refractivity contribution in [2.24, 2.45) is 11.8 Å². The lowest BCUT2D eigenvalue weighted by Crippen LogP contribution is -2.37. The van der Waals surface area contributed by atoms with Crippen molar-refractivity contribution in [3.05, 3.63) is 0 Å². The minimum atomic E-state index is -0.825. The predicted molar refractivity (Wildman–Crippen MR) is 80.7 cm³/mol. The highest BCUT2D eigenvalue weighted by molar-refractivity contribution is 5.74. The van der Waals surface area contributed by atoms with Gasteiger partial charge >= 0.3 is 12.0 Å². The van der Waals surface area contributed by atoms with Crippen molar-refractivity contribution in [1.29, 1.82) is 0 Å². The normalized spacial score (nSPS) is 12.2. The van der Waals surface area contributed by atoms with E-state index in [-0.39, 0.29) is 6.03 Å². The number of carboxylic acid groups (broad SMARTS) is 1. The first-order valence-electron chi connectivity index (χ1n) is 7.68. The summed E-state index contributed by atoms with van der Waals surface area (Å²) in [7, 11) is 0. The minimum absolute atomic E-state index is 0.204. The highest BCUT2D eigenvalue weighted by atomic mass is 16.4. The number of urea groups is 1. The number of carboxylic acids is 1. The Hall–Kier alpha value is -1.26. The molecule has 1 unspecified atom stereocenters. The van der Waals surface area contributed by atoms with Crippen molar-refractivity contribution in [3.63, 3.8) is 0 Å². The van der Waals surface area contributed by atoms with Crippen molar-refractivity contribution in [2.75, 3.05) is 13.1 Å². The molecule has 0 spiro atoms. The quantitative estimate of drug-likeness (QED) is 0.511. The molecule has 0 radical (unpaired) electrons. The van der Waals surface area contributed by atoms with Gasteiger partial charge in [0.25, 0.3) is 0 Å². The molecule has 0 aromatic rings. The van der Waals surface area contributed by atoms with E-state index in [0.29, 0.717) is 19.5 Å². The molecular formula is C15H30N2O3. The van der Waals surface area contributed by atoms with Crippen LogP contribution in [-0.4, -0.2) is 30.2 Å². The van der Waals surface area contributed by atoms with Crippen LogP contribution in [-0.2, 0) is 4.79 Å². The Balaban J connectivity index is 3.35. The molecule has 0 aliphatic carbocycles. The number of carbonyl (C=O) groups excluding carboxylic acids is 1. The topological polar surface area (TPSA) is 78.4 Å². The van der Waals surface area contributed by atoms with Gasteiger partial charge in [-0.1, -0.05) is 46.5 Å². The van der Waals surface area contributed by atoms with Crippen molar-refractivity contribution in [2.45, 2.75) is 59.3 Å².